The molecule has 0 heterocycles. The molecule has 0 aromatic heterocycles. The van der Waals surface area contributed by atoms with Crippen LogP contribution in [0, 0.1) is 0 Å². The minimum Gasteiger partial charge on any atom is -0.497 e. The van der Waals surface area contributed by atoms with E-state index >= 15 is 0 Å². The van der Waals surface area contributed by atoms with Crippen LogP contribution in [-0.2, 0) is 5.41 Å². The van der Waals surface area contributed by atoms with Crippen LogP contribution < -0.4 is 9.47 Å². The number of ether oxygens (including phenoxy) is 2. The zero-order valence-corrected chi connectivity index (χ0v) is 12.4. The van der Waals surface area contributed by atoms with Crippen LogP contribution in [0.5, 0.6) is 11.5 Å². The van der Waals surface area contributed by atoms with E-state index in [1.807, 2.05) is 24.3 Å². The highest BCUT2D eigenvalue weighted by Gasteiger charge is 2.55. The summed E-state index contributed by atoms with van der Waals surface area (Å²) in [5.74, 6) is 2.06. The topological polar surface area (TPSA) is 38.7 Å². The molecule has 0 aliphatic heterocycles. The van der Waals surface area contributed by atoms with Gasteiger partial charge in [-0.05, 0) is 47.7 Å². The van der Waals surface area contributed by atoms with Gasteiger partial charge in [-0.3, -0.25) is 0 Å². The third-order valence-electron chi connectivity index (χ3n) is 4.54. The lowest BCUT2D eigenvalue weighted by Crippen LogP contribution is -2.15. The van der Waals surface area contributed by atoms with Crippen molar-refractivity contribution in [3.8, 4) is 11.5 Å². The van der Waals surface area contributed by atoms with Gasteiger partial charge in [-0.25, -0.2) is 0 Å². The highest BCUT2D eigenvalue weighted by Crippen LogP contribution is 2.60. The van der Waals surface area contributed by atoms with E-state index in [-0.39, 0.29) is 12.0 Å². The van der Waals surface area contributed by atoms with Gasteiger partial charge in [0.05, 0.1) is 20.8 Å². The fourth-order valence-corrected chi connectivity index (χ4v) is 3.09. The lowest BCUT2D eigenvalue weighted by Gasteiger charge is -2.16. The number of aliphatic hydroxyl groups excluding tert-OH is 1. The largest absolute Gasteiger partial charge is 0.497 e. The van der Waals surface area contributed by atoms with Crippen LogP contribution in [0.3, 0.4) is 0 Å². The lowest BCUT2D eigenvalue weighted by atomic mass is 9.91. The van der Waals surface area contributed by atoms with E-state index in [0.29, 0.717) is 5.92 Å². The van der Waals surface area contributed by atoms with Crippen molar-refractivity contribution in [3.05, 3.63) is 59.7 Å². The quantitative estimate of drug-likeness (QED) is 0.917. The second-order valence-electron chi connectivity index (χ2n) is 5.57. The Balaban J connectivity index is 1.85. The van der Waals surface area contributed by atoms with Crippen LogP contribution in [0.15, 0.2) is 48.5 Å². The predicted molar refractivity (Wildman–Crippen MR) is 82.1 cm³/mol. The molecule has 1 aliphatic rings. The van der Waals surface area contributed by atoms with Gasteiger partial charge >= 0.3 is 0 Å². The van der Waals surface area contributed by atoms with Crippen LogP contribution in [-0.4, -0.2) is 25.9 Å². The molecule has 0 saturated heterocycles. The first-order valence-electron chi connectivity index (χ1n) is 7.13. The van der Waals surface area contributed by atoms with Gasteiger partial charge < -0.3 is 14.6 Å². The van der Waals surface area contributed by atoms with E-state index in [9.17, 15) is 5.11 Å². The number of hydrogen-bond donors (Lipinski definition) is 1. The number of rotatable bonds is 5. The second kappa shape index (κ2) is 5.41. The number of aliphatic hydroxyl groups is 1. The zero-order chi connectivity index (χ0) is 14.9. The molecular weight excluding hydrogens is 264 g/mol. The Morgan fingerprint density at radius 3 is 1.95 bits per heavy atom. The molecule has 0 amide bonds. The van der Waals surface area contributed by atoms with E-state index in [4.69, 9.17) is 9.47 Å². The summed E-state index contributed by atoms with van der Waals surface area (Å²) in [4.78, 5) is 0. The standard InChI is InChI=1S/C18H20O3/c1-20-15-7-3-13(4-8-15)17-11-18(17,12-19)14-5-9-16(21-2)10-6-14/h3-10,17,19H,11-12H2,1-2H3. The van der Waals surface area contributed by atoms with Gasteiger partial charge in [0.2, 0.25) is 0 Å². The fourth-order valence-electron chi connectivity index (χ4n) is 3.09. The van der Waals surface area contributed by atoms with Crippen molar-refractivity contribution in [1.29, 1.82) is 0 Å². The summed E-state index contributed by atoms with van der Waals surface area (Å²) in [5.41, 5.74) is 2.27. The maximum Gasteiger partial charge on any atom is 0.118 e. The summed E-state index contributed by atoms with van der Waals surface area (Å²) in [6, 6.07) is 16.1. The first-order chi connectivity index (χ1) is 10.2. The molecule has 3 nitrogen and oxygen atoms in total. The van der Waals surface area contributed by atoms with Crippen molar-refractivity contribution < 1.29 is 14.6 Å². The highest BCUT2D eigenvalue weighted by molar-refractivity contribution is 5.45. The highest BCUT2D eigenvalue weighted by atomic mass is 16.5. The lowest BCUT2D eigenvalue weighted by molar-refractivity contribution is 0.251. The van der Waals surface area contributed by atoms with Crippen LogP contribution in [0.4, 0.5) is 0 Å². The summed E-state index contributed by atoms with van der Waals surface area (Å²) in [5, 5.41) is 9.91. The molecule has 2 aromatic rings. The van der Waals surface area contributed by atoms with Crippen molar-refractivity contribution in [2.45, 2.75) is 17.8 Å². The smallest absolute Gasteiger partial charge is 0.118 e. The van der Waals surface area contributed by atoms with E-state index in [2.05, 4.69) is 24.3 Å². The average molecular weight is 284 g/mol. The minimum absolute atomic E-state index is 0.152. The first-order valence-corrected chi connectivity index (χ1v) is 7.13. The monoisotopic (exact) mass is 284 g/mol. The molecule has 1 saturated carbocycles. The third kappa shape index (κ3) is 2.38. The Hall–Kier alpha value is -2.00. The summed E-state index contributed by atoms with van der Waals surface area (Å²) in [7, 11) is 3.33. The van der Waals surface area contributed by atoms with Crippen LogP contribution in [0.2, 0.25) is 0 Å². The third-order valence-corrected chi connectivity index (χ3v) is 4.54. The molecule has 1 fully saturated rings. The molecule has 0 bridgehead atoms. The van der Waals surface area contributed by atoms with Crippen LogP contribution >= 0.6 is 0 Å². The van der Waals surface area contributed by atoms with Gasteiger partial charge in [-0.1, -0.05) is 24.3 Å². The molecule has 1 aliphatic carbocycles. The molecule has 21 heavy (non-hydrogen) atoms. The maximum atomic E-state index is 9.91. The van der Waals surface area contributed by atoms with Gasteiger partial charge in [0, 0.05) is 5.41 Å². The van der Waals surface area contributed by atoms with E-state index in [1.54, 1.807) is 14.2 Å². The molecule has 2 atom stereocenters. The van der Waals surface area contributed by atoms with Crippen molar-refractivity contribution >= 4 is 0 Å². The summed E-state index contributed by atoms with van der Waals surface area (Å²) >= 11 is 0. The van der Waals surface area contributed by atoms with E-state index < -0.39 is 0 Å². The zero-order valence-electron chi connectivity index (χ0n) is 12.4. The molecule has 2 unspecified atom stereocenters. The molecule has 1 N–H and O–H groups in total. The van der Waals surface area contributed by atoms with Gasteiger partial charge in [0.25, 0.3) is 0 Å². The second-order valence-corrected chi connectivity index (χ2v) is 5.57. The Morgan fingerprint density at radius 1 is 0.952 bits per heavy atom. The number of methoxy groups -OCH3 is 2. The van der Waals surface area contributed by atoms with Crippen LogP contribution in [0.25, 0.3) is 0 Å². The Labute approximate surface area is 125 Å². The Bertz CT molecular complexity index is 603. The summed E-state index contributed by atoms with van der Waals surface area (Å²) < 4.78 is 10.4. The van der Waals surface area contributed by atoms with Gasteiger partial charge in [0.1, 0.15) is 11.5 Å². The molecule has 110 valence electrons. The van der Waals surface area contributed by atoms with Crippen molar-refractivity contribution in [3.63, 3.8) is 0 Å². The SMILES string of the molecule is COc1ccc(C2CC2(CO)c2ccc(OC)cc2)cc1. The van der Waals surface area contributed by atoms with Crippen LogP contribution in [0.1, 0.15) is 23.5 Å². The molecule has 2 aromatic carbocycles. The predicted octanol–water partition coefficient (Wildman–Crippen LogP) is 3.12. The fraction of sp³-hybridized carbons (Fsp3) is 0.333. The Kier molecular flexibility index (Phi) is 3.60. The summed E-state index contributed by atoms with van der Waals surface area (Å²) in [6.07, 6.45) is 0.974. The molecule has 3 heteroatoms. The molecule has 3 rings (SSSR count). The minimum atomic E-state index is -0.152. The van der Waals surface area contributed by atoms with E-state index in [0.717, 1.165) is 17.9 Å². The van der Waals surface area contributed by atoms with Gasteiger partial charge in [-0.15, -0.1) is 0 Å². The number of hydrogen-bond acceptors (Lipinski definition) is 3. The maximum absolute atomic E-state index is 9.91. The Morgan fingerprint density at radius 2 is 1.48 bits per heavy atom. The number of benzene rings is 2. The molecular formula is C18H20O3. The first kappa shape index (κ1) is 14.0. The van der Waals surface area contributed by atoms with Crippen molar-refractivity contribution in [1.82, 2.24) is 0 Å². The normalized spacial score (nSPS) is 23.7. The van der Waals surface area contributed by atoms with Crippen molar-refractivity contribution in [2.24, 2.45) is 0 Å². The van der Waals surface area contributed by atoms with Crippen molar-refractivity contribution in [2.75, 3.05) is 20.8 Å². The van der Waals surface area contributed by atoms with E-state index in [1.165, 1.54) is 11.1 Å². The summed E-state index contributed by atoms with van der Waals surface area (Å²) in [6.45, 7) is 0.163. The molecule has 0 spiro atoms. The van der Waals surface area contributed by atoms with Gasteiger partial charge in [0.15, 0.2) is 0 Å². The van der Waals surface area contributed by atoms with Gasteiger partial charge in [-0.2, -0.15) is 0 Å². The average Bonchev–Trinajstić information content (AvgIpc) is 3.31. The molecule has 0 radical (unpaired) electrons.